The smallest absolute Gasteiger partial charge is 0.172 e. The Bertz CT molecular complexity index is 717. The van der Waals surface area contributed by atoms with Gasteiger partial charge >= 0.3 is 0 Å². The van der Waals surface area contributed by atoms with E-state index in [-0.39, 0.29) is 0 Å². The molecule has 1 saturated heterocycles. The maximum Gasteiger partial charge on any atom is 0.172 e. The van der Waals surface area contributed by atoms with Crippen LogP contribution in [-0.4, -0.2) is 33.2 Å². The molecule has 0 bridgehead atoms. The molecule has 0 atom stereocenters. The summed E-state index contributed by atoms with van der Waals surface area (Å²) >= 11 is 0. The Kier molecular flexibility index (Phi) is 3.24. The maximum absolute atomic E-state index is 5.92. The lowest BCUT2D eigenvalue weighted by atomic mass is 9.83. The number of aryl methyl sites for hydroxylation is 1. The zero-order chi connectivity index (χ0) is 15.2. The summed E-state index contributed by atoms with van der Waals surface area (Å²) < 4.78 is 23.0. The molecular weight excluding hydrogens is 280 g/mol. The van der Waals surface area contributed by atoms with Gasteiger partial charge in [0, 0.05) is 23.6 Å². The number of rotatable bonds is 2. The molecule has 0 aromatic heterocycles. The molecule has 4 nitrogen and oxygen atoms in total. The van der Waals surface area contributed by atoms with Crippen molar-refractivity contribution in [2.24, 2.45) is 0 Å². The molecule has 0 amide bonds. The number of hydrogen-bond donors (Lipinski definition) is 0. The molecule has 2 aromatic rings. The Balaban J connectivity index is 1.94. The highest BCUT2D eigenvalue weighted by Gasteiger charge is 2.40. The highest BCUT2D eigenvalue weighted by Crippen LogP contribution is 2.43. The lowest BCUT2D eigenvalue weighted by Crippen LogP contribution is -2.37. The van der Waals surface area contributed by atoms with Crippen LogP contribution in [0.5, 0.6) is 11.5 Å². The van der Waals surface area contributed by atoms with Crippen molar-refractivity contribution in [2.45, 2.75) is 25.0 Å². The van der Waals surface area contributed by atoms with Crippen molar-refractivity contribution in [1.82, 2.24) is 0 Å². The molecule has 0 saturated carbocycles. The Morgan fingerprint density at radius 3 is 2.41 bits per heavy atom. The minimum atomic E-state index is -0.449. The van der Waals surface area contributed by atoms with Crippen LogP contribution in [0.2, 0.25) is 0 Å². The SMILES string of the molecule is COc1ccc(OC)c2c3c(ccc12)CCC1(C3)OCCO1. The molecule has 1 aliphatic heterocycles. The summed E-state index contributed by atoms with van der Waals surface area (Å²) in [5, 5.41) is 2.20. The Hall–Kier alpha value is -1.78. The van der Waals surface area contributed by atoms with Gasteiger partial charge in [-0.05, 0) is 29.7 Å². The van der Waals surface area contributed by atoms with Crippen LogP contribution < -0.4 is 9.47 Å². The highest BCUT2D eigenvalue weighted by atomic mass is 16.7. The van der Waals surface area contributed by atoms with Crippen LogP contribution in [0.4, 0.5) is 0 Å². The van der Waals surface area contributed by atoms with E-state index in [1.807, 2.05) is 12.1 Å². The van der Waals surface area contributed by atoms with Gasteiger partial charge in [-0.2, -0.15) is 0 Å². The zero-order valence-electron chi connectivity index (χ0n) is 13.0. The molecule has 2 aromatic carbocycles. The summed E-state index contributed by atoms with van der Waals surface area (Å²) in [6.45, 7) is 1.36. The summed E-state index contributed by atoms with van der Waals surface area (Å²) in [5.41, 5.74) is 2.62. The molecular formula is C18H20O4. The van der Waals surface area contributed by atoms with Crippen LogP contribution >= 0.6 is 0 Å². The van der Waals surface area contributed by atoms with Gasteiger partial charge in [-0.3, -0.25) is 0 Å². The van der Waals surface area contributed by atoms with Gasteiger partial charge in [0.15, 0.2) is 5.79 Å². The van der Waals surface area contributed by atoms with E-state index in [9.17, 15) is 0 Å². The van der Waals surface area contributed by atoms with Crippen LogP contribution in [0.25, 0.3) is 10.8 Å². The van der Waals surface area contributed by atoms with E-state index in [0.29, 0.717) is 13.2 Å². The molecule has 0 radical (unpaired) electrons. The lowest BCUT2D eigenvalue weighted by molar-refractivity contribution is -0.163. The Morgan fingerprint density at radius 2 is 1.68 bits per heavy atom. The largest absolute Gasteiger partial charge is 0.496 e. The number of ether oxygens (including phenoxy) is 4. The second-order valence-corrected chi connectivity index (χ2v) is 5.88. The van der Waals surface area contributed by atoms with Crippen LogP contribution in [0.3, 0.4) is 0 Å². The molecule has 1 aliphatic carbocycles. The lowest BCUT2D eigenvalue weighted by Gasteiger charge is -2.33. The Labute approximate surface area is 129 Å². The van der Waals surface area contributed by atoms with Crippen molar-refractivity contribution in [2.75, 3.05) is 27.4 Å². The van der Waals surface area contributed by atoms with Crippen LogP contribution in [0.15, 0.2) is 24.3 Å². The van der Waals surface area contributed by atoms with Gasteiger partial charge in [0.2, 0.25) is 0 Å². The standard InChI is InChI=1S/C18H20O4/c1-19-15-5-6-16(20-2)17-13(15)4-3-12-7-8-18(11-14(12)17)21-9-10-22-18/h3-6H,7-11H2,1-2H3. The fourth-order valence-electron chi connectivity index (χ4n) is 3.71. The van der Waals surface area contributed by atoms with Crippen LogP contribution in [-0.2, 0) is 22.3 Å². The van der Waals surface area contributed by atoms with Crippen molar-refractivity contribution in [1.29, 1.82) is 0 Å². The minimum Gasteiger partial charge on any atom is -0.496 e. The summed E-state index contributed by atoms with van der Waals surface area (Å²) in [5.74, 6) is 1.30. The van der Waals surface area contributed by atoms with Gasteiger partial charge in [-0.15, -0.1) is 0 Å². The number of fused-ring (bicyclic) bond motifs is 3. The quantitative estimate of drug-likeness (QED) is 0.854. The third kappa shape index (κ3) is 1.98. The predicted octanol–water partition coefficient (Wildman–Crippen LogP) is 3.09. The van der Waals surface area contributed by atoms with E-state index in [0.717, 1.165) is 41.5 Å². The van der Waals surface area contributed by atoms with Crippen molar-refractivity contribution < 1.29 is 18.9 Å². The van der Waals surface area contributed by atoms with Crippen LogP contribution in [0, 0.1) is 0 Å². The summed E-state index contributed by atoms with van der Waals surface area (Å²) in [6, 6.07) is 8.25. The fourth-order valence-corrected chi connectivity index (χ4v) is 3.71. The molecule has 2 aliphatic rings. The Morgan fingerprint density at radius 1 is 0.955 bits per heavy atom. The second kappa shape index (κ2) is 5.14. The highest BCUT2D eigenvalue weighted by molar-refractivity contribution is 5.97. The third-order valence-electron chi connectivity index (χ3n) is 4.78. The van der Waals surface area contributed by atoms with Gasteiger partial charge in [0.1, 0.15) is 11.5 Å². The molecule has 4 rings (SSSR count). The average Bonchev–Trinajstić information content (AvgIpc) is 3.01. The van der Waals surface area contributed by atoms with E-state index in [1.54, 1.807) is 14.2 Å². The van der Waals surface area contributed by atoms with Crippen LogP contribution in [0.1, 0.15) is 17.5 Å². The third-order valence-corrected chi connectivity index (χ3v) is 4.78. The number of benzene rings is 2. The molecule has 1 spiro atoms. The van der Waals surface area contributed by atoms with Gasteiger partial charge in [-0.25, -0.2) is 0 Å². The predicted molar refractivity (Wildman–Crippen MR) is 83.7 cm³/mol. The molecule has 22 heavy (non-hydrogen) atoms. The number of hydrogen-bond acceptors (Lipinski definition) is 4. The van der Waals surface area contributed by atoms with Gasteiger partial charge in [-0.1, -0.05) is 12.1 Å². The molecule has 1 heterocycles. The van der Waals surface area contributed by atoms with Gasteiger partial charge < -0.3 is 18.9 Å². The monoisotopic (exact) mass is 300 g/mol. The van der Waals surface area contributed by atoms with Crippen molar-refractivity contribution in [3.8, 4) is 11.5 Å². The normalized spacial score (nSPS) is 19.4. The first kappa shape index (κ1) is 13.9. The first-order chi connectivity index (χ1) is 10.8. The van der Waals surface area contributed by atoms with E-state index in [1.165, 1.54) is 11.1 Å². The summed E-state index contributed by atoms with van der Waals surface area (Å²) in [6.07, 6.45) is 2.65. The molecule has 1 fully saturated rings. The van der Waals surface area contributed by atoms with E-state index in [4.69, 9.17) is 18.9 Å². The number of methoxy groups -OCH3 is 2. The maximum atomic E-state index is 5.92. The zero-order valence-corrected chi connectivity index (χ0v) is 13.0. The molecule has 0 N–H and O–H groups in total. The fraction of sp³-hybridized carbons (Fsp3) is 0.444. The van der Waals surface area contributed by atoms with Gasteiger partial charge in [0.25, 0.3) is 0 Å². The van der Waals surface area contributed by atoms with E-state index >= 15 is 0 Å². The topological polar surface area (TPSA) is 36.9 Å². The first-order valence-corrected chi connectivity index (χ1v) is 7.70. The molecule has 0 unspecified atom stereocenters. The molecule has 4 heteroatoms. The first-order valence-electron chi connectivity index (χ1n) is 7.70. The minimum absolute atomic E-state index is 0.449. The molecule has 116 valence electrons. The summed E-state index contributed by atoms with van der Waals surface area (Å²) in [7, 11) is 3.41. The van der Waals surface area contributed by atoms with E-state index < -0.39 is 5.79 Å². The van der Waals surface area contributed by atoms with Crippen molar-refractivity contribution in [3.63, 3.8) is 0 Å². The van der Waals surface area contributed by atoms with Crippen molar-refractivity contribution >= 4 is 10.8 Å². The summed E-state index contributed by atoms with van der Waals surface area (Å²) in [4.78, 5) is 0. The van der Waals surface area contributed by atoms with Crippen molar-refractivity contribution in [3.05, 3.63) is 35.4 Å². The average molecular weight is 300 g/mol. The second-order valence-electron chi connectivity index (χ2n) is 5.88. The van der Waals surface area contributed by atoms with E-state index in [2.05, 4.69) is 12.1 Å². The van der Waals surface area contributed by atoms with Gasteiger partial charge in [0.05, 0.1) is 27.4 Å².